The van der Waals surface area contributed by atoms with Crippen LogP contribution in [0.15, 0.2) is 109 Å². The minimum atomic E-state index is -0.916. The number of amides is 1. The summed E-state index contributed by atoms with van der Waals surface area (Å²) in [5, 5.41) is 6.24. The van der Waals surface area contributed by atoms with Crippen molar-refractivity contribution in [1.82, 2.24) is 0 Å². The van der Waals surface area contributed by atoms with Crippen LogP contribution in [-0.4, -0.2) is 12.2 Å². The van der Waals surface area contributed by atoms with Crippen molar-refractivity contribution in [2.75, 3.05) is 5.32 Å². The molecule has 1 N–H and O–H groups in total. The van der Waals surface area contributed by atoms with Gasteiger partial charge >= 0.3 is 0 Å². The first-order chi connectivity index (χ1) is 14.8. The first-order valence-electron chi connectivity index (χ1n) is 9.63. The summed E-state index contributed by atoms with van der Waals surface area (Å²) in [6, 6.07) is 35.2. The molecule has 0 saturated heterocycles. The summed E-state index contributed by atoms with van der Waals surface area (Å²) in [5.74, 6) is -0.223. The number of hydrogen-bond donors (Lipinski definition) is 1. The van der Waals surface area contributed by atoms with Gasteiger partial charge in [0.1, 0.15) is 0 Å². The zero-order chi connectivity index (χ0) is 20.8. The third-order valence-corrected chi connectivity index (χ3v) is 7.26. The van der Waals surface area contributed by atoms with Crippen LogP contribution >= 0.6 is 7.92 Å². The largest absolute Gasteiger partial charge is 0.321 e. The molecule has 0 aliphatic rings. The molecule has 3 nitrogen and oxygen atoms in total. The third-order valence-electron chi connectivity index (χ3n) is 4.75. The Bertz CT molecular complexity index is 1120. The molecule has 146 valence electrons. The van der Waals surface area contributed by atoms with Gasteiger partial charge < -0.3 is 5.32 Å². The normalized spacial score (nSPS) is 10.6. The lowest BCUT2D eigenvalue weighted by molar-refractivity contribution is 0.102. The number of hydrogen-bond acceptors (Lipinski definition) is 2. The fourth-order valence-electron chi connectivity index (χ4n) is 3.35. The molecule has 0 heterocycles. The number of aldehydes is 1. The maximum Gasteiger partial charge on any atom is 0.256 e. The Morgan fingerprint density at radius 1 is 0.667 bits per heavy atom. The summed E-state index contributed by atoms with van der Waals surface area (Å²) in [6.45, 7) is 0. The van der Waals surface area contributed by atoms with Crippen LogP contribution in [0.3, 0.4) is 0 Å². The van der Waals surface area contributed by atoms with Gasteiger partial charge in [0.15, 0.2) is 6.29 Å². The zero-order valence-electron chi connectivity index (χ0n) is 16.2. The number of rotatable bonds is 6. The van der Waals surface area contributed by atoms with Gasteiger partial charge in [0.05, 0.1) is 5.69 Å². The first-order valence-corrected chi connectivity index (χ1v) is 11.0. The van der Waals surface area contributed by atoms with Crippen molar-refractivity contribution in [2.45, 2.75) is 0 Å². The summed E-state index contributed by atoms with van der Waals surface area (Å²) in [4.78, 5) is 24.6. The van der Waals surface area contributed by atoms with Crippen molar-refractivity contribution >= 4 is 41.7 Å². The Kier molecular flexibility index (Phi) is 6.12. The lowest BCUT2D eigenvalue weighted by Gasteiger charge is -2.22. The molecule has 0 bridgehead atoms. The number of anilines is 1. The second kappa shape index (κ2) is 9.30. The molecule has 0 aromatic heterocycles. The molecule has 1 amide bonds. The van der Waals surface area contributed by atoms with E-state index in [1.807, 2.05) is 60.7 Å². The standard InChI is InChI=1S/C26H20NO2P/c28-19-20-11-7-9-17-24(20)27-26(29)23-16-8-10-18-25(23)30(21-12-3-1-4-13-21)22-14-5-2-6-15-22/h1-19H,(H,27,29). The van der Waals surface area contributed by atoms with E-state index in [9.17, 15) is 9.59 Å². The van der Waals surface area contributed by atoms with Crippen molar-refractivity contribution in [3.8, 4) is 0 Å². The number of carbonyl (C=O) groups excluding carboxylic acids is 2. The maximum atomic E-state index is 13.3. The van der Waals surface area contributed by atoms with Gasteiger partial charge in [-0.15, -0.1) is 0 Å². The Morgan fingerprint density at radius 2 is 1.20 bits per heavy atom. The van der Waals surface area contributed by atoms with Crippen molar-refractivity contribution < 1.29 is 9.59 Å². The van der Waals surface area contributed by atoms with Crippen LogP contribution in [0.1, 0.15) is 20.7 Å². The molecular formula is C26H20NO2P. The van der Waals surface area contributed by atoms with Gasteiger partial charge in [-0.05, 0) is 42.0 Å². The van der Waals surface area contributed by atoms with E-state index >= 15 is 0 Å². The van der Waals surface area contributed by atoms with E-state index in [0.717, 1.165) is 11.6 Å². The second-order valence-corrected chi connectivity index (χ2v) is 8.87. The molecule has 4 aromatic carbocycles. The minimum Gasteiger partial charge on any atom is -0.321 e. The summed E-state index contributed by atoms with van der Waals surface area (Å²) < 4.78 is 0. The lowest BCUT2D eigenvalue weighted by Crippen LogP contribution is -2.27. The van der Waals surface area contributed by atoms with Gasteiger partial charge in [-0.25, -0.2) is 0 Å². The molecule has 0 aliphatic carbocycles. The average molecular weight is 409 g/mol. The van der Waals surface area contributed by atoms with Gasteiger partial charge in [-0.3, -0.25) is 9.59 Å². The van der Waals surface area contributed by atoms with E-state index in [2.05, 4.69) is 29.6 Å². The van der Waals surface area contributed by atoms with Crippen LogP contribution in [0.25, 0.3) is 0 Å². The Balaban J connectivity index is 1.79. The molecule has 0 saturated carbocycles. The Labute approximate surface area is 177 Å². The number of nitrogens with one attached hydrogen (secondary N) is 1. The van der Waals surface area contributed by atoms with Crippen LogP contribution in [0, 0.1) is 0 Å². The summed E-state index contributed by atoms with van der Waals surface area (Å²) >= 11 is 0. The van der Waals surface area contributed by atoms with E-state index in [1.165, 1.54) is 10.6 Å². The predicted octanol–water partition coefficient (Wildman–Crippen LogP) is 4.51. The van der Waals surface area contributed by atoms with Gasteiger partial charge in [0, 0.05) is 11.1 Å². The topological polar surface area (TPSA) is 46.2 Å². The van der Waals surface area contributed by atoms with Crippen LogP contribution in [0.4, 0.5) is 5.69 Å². The highest BCUT2D eigenvalue weighted by Crippen LogP contribution is 2.34. The Morgan fingerprint density at radius 3 is 1.83 bits per heavy atom. The van der Waals surface area contributed by atoms with E-state index in [1.54, 1.807) is 24.3 Å². The fraction of sp³-hybridized carbons (Fsp3) is 0. The van der Waals surface area contributed by atoms with Crippen molar-refractivity contribution in [3.05, 3.63) is 120 Å². The molecule has 0 fully saturated rings. The van der Waals surface area contributed by atoms with Crippen molar-refractivity contribution in [2.24, 2.45) is 0 Å². The van der Waals surface area contributed by atoms with Crippen LogP contribution in [0.2, 0.25) is 0 Å². The fourth-order valence-corrected chi connectivity index (χ4v) is 5.79. The number of benzene rings is 4. The summed E-state index contributed by atoms with van der Waals surface area (Å²) in [5.41, 5.74) is 1.57. The predicted molar refractivity (Wildman–Crippen MR) is 125 cm³/mol. The molecule has 0 spiro atoms. The molecule has 0 aliphatic heterocycles. The SMILES string of the molecule is O=Cc1ccccc1NC(=O)c1ccccc1P(c1ccccc1)c1ccccc1. The van der Waals surface area contributed by atoms with Crippen molar-refractivity contribution in [3.63, 3.8) is 0 Å². The van der Waals surface area contributed by atoms with Crippen LogP contribution in [-0.2, 0) is 0 Å². The second-order valence-electron chi connectivity index (χ2n) is 6.68. The van der Waals surface area contributed by atoms with Gasteiger partial charge in [-0.1, -0.05) is 91.0 Å². The maximum absolute atomic E-state index is 13.3. The van der Waals surface area contributed by atoms with E-state index in [0.29, 0.717) is 16.8 Å². The third kappa shape index (κ3) is 4.22. The molecule has 0 atom stereocenters. The zero-order valence-corrected chi connectivity index (χ0v) is 17.1. The van der Waals surface area contributed by atoms with E-state index < -0.39 is 7.92 Å². The quantitative estimate of drug-likeness (QED) is 0.376. The van der Waals surface area contributed by atoms with E-state index in [-0.39, 0.29) is 5.91 Å². The molecule has 0 unspecified atom stereocenters. The lowest BCUT2D eigenvalue weighted by atomic mass is 10.1. The summed E-state index contributed by atoms with van der Waals surface area (Å²) in [7, 11) is -0.916. The van der Waals surface area contributed by atoms with Gasteiger partial charge in [-0.2, -0.15) is 0 Å². The van der Waals surface area contributed by atoms with Crippen molar-refractivity contribution in [1.29, 1.82) is 0 Å². The first kappa shape index (κ1) is 19.8. The number of para-hydroxylation sites is 1. The molecule has 4 heteroatoms. The average Bonchev–Trinajstić information content (AvgIpc) is 2.81. The minimum absolute atomic E-state index is 0.223. The molecule has 4 aromatic rings. The smallest absolute Gasteiger partial charge is 0.256 e. The molecule has 0 radical (unpaired) electrons. The highest BCUT2D eigenvalue weighted by atomic mass is 31.1. The number of carbonyl (C=O) groups is 2. The molecule has 30 heavy (non-hydrogen) atoms. The molecule has 4 rings (SSSR count). The highest BCUT2D eigenvalue weighted by molar-refractivity contribution is 7.80. The van der Waals surface area contributed by atoms with Crippen LogP contribution < -0.4 is 21.2 Å². The van der Waals surface area contributed by atoms with Gasteiger partial charge in [0.25, 0.3) is 5.91 Å². The Hall–Kier alpha value is -3.55. The molecular weight excluding hydrogens is 389 g/mol. The monoisotopic (exact) mass is 409 g/mol. The summed E-state index contributed by atoms with van der Waals surface area (Å²) in [6.07, 6.45) is 0.752. The highest BCUT2D eigenvalue weighted by Gasteiger charge is 2.22. The van der Waals surface area contributed by atoms with Crippen LogP contribution in [0.5, 0.6) is 0 Å². The van der Waals surface area contributed by atoms with Gasteiger partial charge in [0.2, 0.25) is 0 Å². The van der Waals surface area contributed by atoms with E-state index in [4.69, 9.17) is 0 Å².